The molecule has 0 bridgehead atoms. The van der Waals surface area contributed by atoms with Gasteiger partial charge in [0.15, 0.2) is 0 Å². The quantitative estimate of drug-likeness (QED) is 0.741. The first-order valence-corrected chi connectivity index (χ1v) is 9.27. The van der Waals surface area contributed by atoms with Crippen molar-refractivity contribution < 1.29 is 18.3 Å². The molecule has 0 atom stereocenters. The summed E-state index contributed by atoms with van der Waals surface area (Å²) in [6, 6.07) is 2.49. The number of nitrogens with zero attached hydrogens (tertiary/aromatic N) is 1. The van der Waals surface area contributed by atoms with E-state index in [0.29, 0.717) is 18.2 Å². The molecule has 0 aliphatic rings. The van der Waals surface area contributed by atoms with Gasteiger partial charge in [-0.05, 0) is 18.1 Å². The summed E-state index contributed by atoms with van der Waals surface area (Å²) in [5.74, 6) is -0.904. The van der Waals surface area contributed by atoms with Gasteiger partial charge in [0.2, 0.25) is 10.0 Å². The fraction of sp³-hybridized carbons (Fsp3) is 0.533. The van der Waals surface area contributed by atoms with E-state index in [1.807, 2.05) is 13.8 Å². The maximum atomic E-state index is 12.6. The summed E-state index contributed by atoms with van der Waals surface area (Å²) in [6.07, 6.45) is 0. The van der Waals surface area contributed by atoms with Crippen LogP contribution >= 0.6 is 11.6 Å². The molecule has 2 N–H and O–H groups in total. The van der Waals surface area contributed by atoms with Crippen LogP contribution in [-0.2, 0) is 10.0 Å². The number of carboxylic acids is 1. The lowest BCUT2D eigenvalue weighted by molar-refractivity contribution is 0.0697. The molecule has 130 valence electrons. The fourth-order valence-electron chi connectivity index (χ4n) is 2.09. The summed E-state index contributed by atoms with van der Waals surface area (Å²) in [7, 11) is -3.83. The van der Waals surface area contributed by atoms with Gasteiger partial charge in [-0.1, -0.05) is 39.3 Å². The Morgan fingerprint density at radius 2 is 1.87 bits per heavy atom. The summed E-state index contributed by atoms with van der Waals surface area (Å²) in [4.78, 5) is 11.3. The van der Waals surface area contributed by atoms with Crippen LogP contribution in [-0.4, -0.2) is 43.4 Å². The highest BCUT2D eigenvalue weighted by molar-refractivity contribution is 7.89. The van der Waals surface area contributed by atoms with Gasteiger partial charge in [0.05, 0.1) is 16.3 Å². The van der Waals surface area contributed by atoms with Gasteiger partial charge in [0, 0.05) is 19.6 Å². The molecule has 8 heteroatoms. The van der Waals surface area contributed by atoms with Crippen LogP contribution in [0, 0.1) is 5.92 Å². The molecule has 0 amide bonds. The summed E-state index contributed by atoms with van der Waals surface area (Å²) in [5, 5.41) is 12.4. The zero-order chi connectivity index (χ0) is 17.8. The summed E-state index contributed by atoms with van der Waals surface area (Å²) in [6.45, 7) is 8.51. The third-order valence-corrected chi connectivity index (χ3v) is 5.84. The van der Waals surface area contributed by atoms with E-state index >= 15 is 0 Å². The minimum atomic E-state index is -3.83. The van der Waals surface area contributed by atoms with Crippen molar-refractivity contribution in [2.24, 2.45) is 5.92 Å². The number of halogens is 1. The van der Waals surface area contributed by atoms with Crippen LogP contribution < -0.4 is 5.32 Å². The van der Waals surface area contributed by atoms with Crippen molar-refractivity contribution in [1.29, 1.82) is 0 Å². The predicted octanol–water partition coefficient (Wildman–Crippen LogP) is 3.14. The van der Waals surface area contributed by atoms with Crippen molar-refractivity contribution >= 4 is 33.3 Å². The summed E-state index contributed by atoms with van der Waals surface area (Å²) < 4.78 is 26.4. The Morgan fingerprint density at radius 3 is 2.30 bits per heavy atom. The van der Waals surface area contributed by atoms with Gasteiger partial charge in [0.1, 0.15) is 4.90 Å². The van der Waals surface area contributed by atoms with Crippen molar-refractivity contribution in [2.45, 2.75) is 32.6 Å². The van der Waals surface area contributed by atoms with Crippen LogP contribution in [0.1, 0.15) is 38.1 Å². The molecule has 0 heterocycles. The summed E-state index contributed by atoms with van der Waals surface area (Å²) in [5.41, 5.74) is 0.204. The van der Waals surface area contributed by atoms with Crippen LogP contribution in [0.3, 0.4) is 0 Å². The van der Waals surface area contributed by atoms with Crippen LogP contribution in [0.15, 0.2) is 17.0 Å². The molecular formula is C15H23ClN2O4S. The Hall–Kier alpha value is -1.31. The Kier molecular flexibility index (Phi) is 6.85. The van der Waals surface area contributed by atoms with Crippen LogP contribution in [0.25, 0.3) is 0 Å². The molecule has 0 aliphatic heterocycles. The first kappa shape index (κ1) is 19.7. The van der Waals surface area contributed by atoms with E-state index in [1.165, 1.54) is 10.4 Å². The molecule has 0 aliphatic carbocycles. The Morgan fingerprint density at radius 1 is 1.30 bits per heavy atom. The Labute approximate surface area is 142 Å². The number of carboxylic acid groups (broad SMARTS) is 1. The molecule has 0 radical (unpaired) electrons. The Bertz CT molecular complexity index is 670. The molecular weight excluding hydrogens is 340 g/mol. The number of rotatable bonds is 8. The van der Waals surface area contributed by atoms with Crippen molar-refractivity contribution in [3.05, 3.63) is 22.7 Å². The largest absolute Gasteiger partial charge is 0.478 e. The zero-order valence-corrected chi connectivity index (χ0v) is 15.3. The van der Waals surface area contributed by atoms with Gasteiger partial charge in [-0.25, -0.2) is 13.2 Å². The highest BCUT2D eigenvalue weighted by Gasteiger charge is 2.27. The van der Waals surface area contributed by atoms with Crippen molar-refractivity contribution in [1.82, 2.24) is 4.31 Å². The fourth-order valence-corrected chi connectivity index (χ4v) is 4.08. The first-order chi connectivity index (χ1) is 10.6. The Balaban J connectivity index is 3.42. The number of aromatic carboxylic acids is 1. The van der Waals surface area contributed by atoms with E-state index in [4.69, 9.17) is 11.6 Å². The van der Waals surface area contributed by atoms with Gasteiger partial charge in [-0.3, -0.25) is 0 Å². The number of hydrogen-bond acceptors (Lipinski definition) is 4. The van der Waals surface area contributed by atoms with E-state index in [2.05, 4.69) is 5.32 Å². The first-order valence-electron chi connectivity index (χ1n) is 7.45. The van der Waals surface area contributed by atoms with Crippen LogP contribution in [0.2, 0.25) is 5.02 Å². The highest BCUT2D eigenvalue weighted by atomic mass is 35.5. The molecule has 1 aromatic carbocycles. The molecule has 6 nitrogen and oxygen atoms in total. The molecule has 0 unspecified atom stereocenters. The number of carbonyl (C=O) groups is 1. The summed E-state index contributed by atoms with van der Waals surface area (Å²) >= 11 is 6.13. The van der Waals surface area contributed by atoms with E-state index < -0.39 is 16.0 Å². The predicted molar refractivity (Wildman–Crippen MR) is 91.8 cm³/mol. The molecule has 1 rings (SSSR count). The van der Waals surface area contributed by atoms with E-state index in [1.54, 1.807) is 13.8 Å². The SMILES string of the molecule is CCN(CC)S(=O)(=O)c1cc(C(=O)O)c(NCC(C)C)cc1Cl. The smallest absolute Gasteiger partial charge is 0.337 e. The normalized spacial score (nSPS) is 12.0. The lowest BCUT2D eigenvalue weighted by Gasteiger charge is -2.20. The lowest BCUT2D eigenvalue weighted by atomic mass is 10.1. The van der Waals surface area contributed by atoms with Gasteiger partial charge in [-0.2, -0.15) is 4.31 Å². The maximum Gasteiger partial charge on any atom is 0.337 e. The topological polar surface area (TPSA) is 86.7 Å². The van der Waals surface area contributed by atoms with Crippen molar-refractivity contribution in [2.75, 3.05) is 25.0 Å². The van der Waals surface area contributed by atoms with Gasteiger partial charge < -0.3 is 10.4 Å². The minimum absolute atomic E-state index is 0.00755. The number of nitrogens with one attached hydrogen (secondary N) is 1. The number of anilines is 1. The standard InChI is InChI=1S/C15H23ClN2O4S/c1-5-18(6-2)23(21,22)14-7-11(15(19)20)13(8-12(14)16)17-9-10(3)4/h7-8,10,17H,5-6,9H2,1-4H3,(H,19,20). The third-order valence-electron chi connectivity index (χ3n) is 3.33. The lowest BCUT2D eigenvalue weighted by Crippen LogP contribution is -2.31. The number of sulfonamides is 1. The zero-order valence-electron chi connectivity index (χ0n) is 13.8. The van der Waals surface area contributed by atoms with Gasteiger partial charge in [0.25, 0.3) is 0 Å². The molecule has 0 aromatic heterocycles. The van der Waals surface area contributed by atoms with Gasteiger partial charge in [-0.15, -0.1) is 0 Å². The average Bonchev–Trinajstić information content (AvgIpc) is 2.45. The number of benzene rings is 1. The second-order valence-corrected chi connectivity index (χ2v) is 7.81. The molecule has 0 saturated heterocycles. The van der Waals surface area contributed by atoms with E-state index in [9.17, 15) is 18.3 Å². The molecule has 0 fully saturated rings. The monoisotopic (exact) mass is 362 g/mol. The average molecular weight is 363 g/mol. The van der Waals surface area contributed by atoms with E-state index in [-0.39, 0.29) is 28.6 Å². The second kappa shape index (κ2) is 7.99. The highest BCUT2D eigenvalue weighted by Crippen LogP contribution is 2.31. The minimum Gasteiger partial charge on any atom is -0.478 e. The number of hydrogen-bond donors (Lipinski definition) is 2. The van der Waals surface area contributed by atoms with E-state index in [0.717, 1.165) is 6.07 Å². The molecule has 1 aromatic rings. The van der Waals surface area contributed by atoms with Crippen LogP contribution in [0.4, 0.5) is 5.69 Å². The van der Waals surface area contributed by atoms with Crippen LogP contribution in [0.5, 0.6) is 0 Å². The maximum absolute atomic E-state index is 12.6. The van der Waals surface area contributed by atoms with Crippen molar-refractivity contribution in [3.63, 3.8) is 0 Å². The molecule has 23 heavy (non-hydrogen) atoms. The molecule has 0 spiro atoms. The molecule has 0 saturated carbocycles. The van der Waals surface area contributed by atoms with Crippen molar-refractivity contribution in [3.8, 4) is 0 Å². The third kappa shape index (κ3) is 4.59. The van der Waals surface area contributed by atoms with Gasteiger partial charge >= 0.3 is 5.97 Å². The second-order valence-electron chi connectivity index (χ2n) is 5.50.